The lowest BCUT2D eigenvalue weighted by molar-refractivity contribution is -0.0638. The molecular weight excluding hydrogens is 236 g/mol. The number of ether oxygens (including phenoxy) is 2. The zero-order valence-electron chi connectivity index (χ0n) is 10.4. The Balaban J connectivity index is 1.82. The van der Waals surface area contributed by atoms with Crippen molar-refractivity contribution < 1.29 is 23.8 Å². The van der Waals surface area contributed by atoms with E-state index < -0.39 is 5.97 Å². The van der Waals surface area contributed by atoms with E-state index in [2.05, 4.69) is 0 Å². The summed E-state index contributed by atoms with van der Waals surface area (Å²) in [4.78, 5) is 10.7. The van der Waals surface area contributed by atoms with Crippen LogP contribution in [0.3, 0.4) is 0 Å². The van der Waals surface area contributed by atoms with Crippen LogP contribution in [0.4, 0.5) is 0 Å². The summed E-state index contributed by atoms with van der Waals surface area (Å²) < 4.78 is 16.4. The van der Waals surface area contributed by atoms with E-state index in [9.17, 15) is 4.79 Å². The highest BCUT2D eigenvalue weighted by Crippen LogP contribution is 2.21. The molecule has 5 nitrogen and oxygen atoms in total. The molecule has 1 saturated heterocycles. The van der Waals surface area contributed by atoms with E-state index in [4.69, 9.17) is 19.0 Å². The minimum Gasteiger partial charge on any atom is -0.475 e. The maximum Gasteiger partial charge on any atom is 0.371 e. The average molecular weight is 254 g/mol. The molecule has 0 spiro atoms. The zero-order valence-corrected chi connectivity index (χ0v) is 10.4. The van der Waals surface area contributed by atoms with Crippen molar-refractivity contribution >= 4 is 5.97 Å². The quantitative estimate of drug-likeness (QED) is 0.874. The van der Waals surface area contributed by atoms with Gasteiger partial charge in [-0.3, -0.25) is 0 Å². The molecule has 1 N–H and O–H groups in total. The average Bonchev–Trinajstić information content (AvgIpc) is 2.87. The molecule has 2 rings (SSSR count). The smallest absolute Gasteiger partial charge is 0.371 e. The molecular formula is C13H18O5. The number of carbonyl (C=O) groups is 1. The van der Waals surface area contributed by atoms with Crippen molar-refractivity contribution in [3.05, 3.63) is 23.7 Å². The zero-order chi connectivity index (χ0) is 13.0. The van der Waals surface area contributed by atoms with Crippen molar-refractivity contribution in [2.24, 2.45) is 0 Å². The summed E-state index contributed by atoms with van der Waals surface area (Å²) in [5.74, 6) is -0.596. The highest BCUT2D eigenvalue weighted by molar-refractivity contribution is 5.84. The van der Waals surface area contributed by atoms with Gasteiger partial charge in [0.15, 0.2) is 0 Å². The number of aromatic carboxylic acids is 1. The molecule has 0 aromatic carbocycles. The van der Waals surface area contributed by atoms with Gasteiger partial charge in [-0.05, 0) is 38.3 Å². The normalized spacial score (nSPS) is 21.7. The van der Waals surface area contributed by atoms with Crippen LogP contribution in [0.5, 0.6) is 0 Å². The Labute approximate surface area is 106 Å². The Kier molecular flexibility index (Phi) is 4.38. The molecule has 0 aliphatic carbocycles. The minimum absolute atomic E-state index is 0.0608. The molecule has 100 valence electrons. The van der Waals surface area contributed by atoms with Crippen LogP contribution in [0, 0.1) is 0 Å². The second-order valence-electron chi connectivity index (χ2n) is 4.47. The first-order valence-electron chi connectivity index (χ1n) is 6.23. The van der Waals surface area contributed by atoms with Gasteiger partial charge in [-0.25, -0.2) is 4.79 Å². The molecule has 1 aliphatic heterocycles. The Morgan fingerprint density at radius 2 is 2.39 bits per heavy atom. The fraction of sp³-hybridized carbons (Fsp3) is 0.615. The van der Waals surface area contributed by atoms with Crippen LogP contribution in [0.25, 0.3) is 0 Å². The van der Waals surface area contributed by atoms with E-state index in [1.807, 2.05) is 6.92 Å². The lowest BCUT2D eigenvalue weighted by atomic mass is 10.1. The van der Waals surface area contributed by atoms with Gasteiger partial charge in [-0.1, -0.05) is 0 Å². The van der Waals surface area contributed by atoms with Crippen LogP contribution in [0.1, 0.15) is 48.6 Å². The van der Waals surface area contributed by atoms with Crippen LogP contribution < -0.4 is 0 Å². The molecule has 1 aliphatic rings. The first-order valence-corrected chi connectivity index (χ1v) is 6.23. The summed E-state index contributed by atoms with van der Waals surface area (Å²) in [6.45, 7) is 3.16. The van der Waals surface area contributed by atoms with Crippen LogP contribution in [-0.2, 0) is 9.47 Å². The molecule has 2 heterocycles. The van der Waals surface area contributed by atoms with Crippen molar-refractivity contribution in [2.45, 2.75) is 38.4 Å². The molecule has 1 aromatic heterocycles. The lowest BCUT2D eigenvalue weighted by Gasteiger charge is -2.23. The van der Waals surface area contributed by atoms with Gasteiger partial charge in [0, 0.05) is 6.61 Å². The van der Waals surface area contributed by atoms with Gasteiger partial charge in [-0.15, -0.1) is 0 Å². The first-order chi connectivity index (χ1) is 8.66. The Morgan fingerprint density at radius 3 is 3.00 bits per heavy atom. The highest BCUT2D eigenvalue weighted by atomic mass is 16.5. The Morgan fingerprint density at radius 1 is 1.56 bits per heavy atom. The van der Waals surface area contributed by atoms with Crippen LogP contribution in [0.2, 0.25) is 0 Å². The van der Waals surface area contributed by atoms with Crippen molar-refractivity contribution in [3.63, 3.8) is 0 Å². The van der Waals surface area contributed by atoms with Gasteiger partial charge in [0.2, 0.25) is 5.76 Å². The van der Waals surface area contributed by atoms with Gasteiger partial charge in [0.25, 0.3) is 0 Å². The molecule has 0 radical (unpaired) electrons. The summed E-state index contributed by atoms with van der Waals surface area (Å²) in [6.07, 6.45) is 3.20. The standard InChI is InChI=1S/C13H18O5/c1-9(11-5-6-12(18-11)13(14)15)17-8-10-4-2-3-7-16-10/h5-6,9-10H,2-4,7-8H2,1H3,(H,14,15). The van der Waals surface area contributed by atoms with Crippen LogP contribution in [-0.4, -0.2) is 30.4 Å². The van der Waals surface area contributed by atoms with E-state index in [0.717, 1.165) is 19.4 Å². The maximum absolute atomic E-state index is 10.7. The number of rotatable bonds is 5. The van der Waals surface area contributed by atoms with Crippen molar-refractivity contribution in [1.82, 2.24) is 0 Å². The SMILES string of the molecule is CC(OCC1CCCCO1)c1ccc(C(=O)O)o1. The molecule has 5 heteroatoms. The summed E-state index contributed by atoms with van der Waals surface area (Å²) in [5, 5.41) is 8.76. The monoisotopic (exact) mass is 254 g/mol. The second-order valence-corrected chi connectivity index (χ2v) is 4.47. The summed E-state index contributed by atoms with van der Waals surface area (Å²) in [5.41, 5.74) is 0. The van der Waals surface area contributed by atoms with Crippen molar-refractivity contribution in [3.8, 4) is 0 Å². The molecule has 2 atom stereocenters. The summed E-state index contributed by atoms with van der Waals surface area (Å²) >= 11 is 0. The number of carboxylic acids is 1. The van der Waals surface area contributed by atoms with Gasteiger partial charge < -0.3 is 19.0 Å². The third-order valence-electron chi connectivity index (χ3n) is 3.04. The van der Waals surface area contributed by atoms with Crippen LogP contribution in [0.15, 0.2) is 16.5 Å². The second kappa shape index (κ2) is 6.02. The number of furan rings is 1. The van der Waals surface area contributed by atoms with E-state index in [1.165, 1.54) is 12.5 Å². The third-order valence-corrected chi connectivity index (χ3v) is 3.04. The molecule has 1 fully saturated rings. The molecule has 0 saturated carbocycles. The first kappa shape index (κ1) is 13.1. The number of hydrogen-bond acceptors (Lipinski definition) is 4. The number of hydrogen-bond donors (Lipinski definition) is 1. The van der Waals surface area contributed by atoms with Gasteiger partial charge >= 0.3 is 5.97 Å². The summed E-state index contributed by atoms with van der Waals surface area (Å²) in [7, 11) is 0. The van der Waals surface area contributed by atoms with E-state index in [1.54, 1.807) is 6.07 Å². The fourth-order valence-electron chi connectivity index (χ4n) is 1.96. The predicted octanol–water partition coefficient (Wildman–Crippen LogP) is 2.62. The molecule has 2 unspecified atom stereocenters. The molecule has 0 amide bonds. The molecule has 18 heavy (non-hydrogen) atoms. The Bertz CT molecular complexity index is 392. The maximum atomic E-state index is 10.7. The van der Waals surface area contributed by atoms with Gasteiger partial charge in [-0.2, -0.15) is 0 Å². The Hall–Kier alpha value is -1.33. The number of carboxylic acid groups (broad SMARTS) is 1. The molecule has 0 bridgehead atoms. The highest BCUT2D eigenvalue weighted by Gasteiger charge is 2.18. The fourth-order valence-corrected chi connectivity index (χ4v) is 1.96. The lowest BCUT2D eigenvalue weighted by Crippen LogP contribution is -2.24. The predicted molar refractivity (Wildman–Crippen MR) is 63.6 cm³/mol. The van der Waals surface area contributed by atoms with Crippen molar-refractivity contribution in [1.29, 1.82) is 0 Å². The topological polar surface area (TPSA) is 68.9 Å². The summed E-state index contributed by atoms with van der Waals surface area (Å²) in [6, 6.07) is 3.07. The van der Waals surface area contributed by atoms with Crippen molar-refractivity contribution in [2.75, 3.05) is 13.2 Å². The van der Waals surface area contributed by atoms with Gasteiger partial charge in [0.05, 0.1) is 12.7 Å². The largest absolute Gasteiger partial charge is 0.475 e. The van der Waals surface area contributed by atoms with E-state index in [-0.39, 0.29) is 18.0 Å². The van der Waals surface area contributed by atoms with E-state index in [0.29, 0.717) is 12.4 Å². The molecule has 1 aromatic rings. The van der Waals surface area contributed by atoms with Gasteiger partial charge in [0.1, 0.15) is 11.9 Å². The van der Waals surface area contributed by atoms with E-state index >= 15 is 0 Å². The van der Waals surface area contributed by atoms with Crippen LogP contribution >= 0.6 is 0 Å². The third kappa shape index (κ3) is 3.34. The minimum atomic E-state index is -1.07.